The van der Waals surface area contributed by atoms with E-state index in [1.165, 1.54) is 7.11 Å². The fourth-order valence-electron chi connectivity index (χ4n) is 3.09. The maximum absolute atomic E-state index is 12.3. The normalized spacial score (nSPS) is 22.1. The molecule has 0 aromatic heterocycles. The minimum absolute atomic E-state index is 0.00862. The molecule has 0 aromatic carbocycles. The first-order valence-electron chi connectivity index (χ1n) is 7.37. The number of hydrogen-bond donors (Lipinski definition) is 1. The van der Waals surface area contributed by atoms with Crippen LogP contribution in [0.15, 0.2) is 0 Å². The number of carbonyl (C=O) groups excluding carboxylic acids is 2. The molecule has 0 bridgehead atoms. The van der Waals surface area contributed by atoms with Crippen molar-refractivity contribution in [1.82, 2.24) is 9.80 Å². The third-order valence-electron chi connectivity index (χ3n) is 4.36. The highest BCUT2D eigenvalue weighted by atomic mass is 16.5. The Hall–Kier alpha value is -1.14. The molecule has 1 aliphatic heterocycles. The summed E-state index contributed by atoms with van der Waals surface area (Å²) in [5, 5.41) is 0. The average molecular weight is 283 g/mol. The van der Waals surface area contributed by atoms with E-state index in [-0.39, 0.29) is 24.0 Å². The van der Waals surface area contributed by atoms with Gasteiger partial charge in [-0.1, -0.05) is 12.8 Å². The topological polar surface area (TPSA) is 75.9 Å². The SMILES string of the molecule is COCC(=O)N1CCN(C(=O)CC2(N)CCCC2)CC1. The van der Waals surface area contributed by atoms with Crippen LogP contribution >= 0.6 is 0 Å². The number of nitrogens with two attached hydrogens (primary N) is 1. The van der Waals surface area contributed by atoms with Crippen molar-refractivity contribution in [2.45, 2.75) is 37.6 Å². The van der Waals surface area contributed by atoms with E-state index in [1.54, 1.807) is 4.90 Å². The van der Waals surface area contributed by atoms with Gasteiger partial charge < -0.3 is 20.3 Å². The molecular weight excluding hydrogens is 258 g/mol. The van der Waals surface area contributed by atoms with E-state index >= 15 is 0 Å². The van der Waals surface area contributed by atoms with Gasteiger partial charge in [-0.25, -0.2) is 0 Å². The second-order valence-electron chi connectivity index (χ2n) is 5.94. The van der Waals surface area contributed by atoms with E-state index in [0.717, 1.165) is 25.7 Å². The second kappa shape index (κ2) is 6.54. The molecule has 0 unspecified atom stereocenters. The number of methoxy groups -OCH3 is 1. The second-order valence-corrected chi connectivity index (χ2v) is 5.94. The highest BCUT2D eigenvalue weighted by molar-refractivity contribution is 5.79. The summed E-state index contributed by atoms with van der Waals surface area (Å²) in [6.45, 7) is 2.49. The molecule has 0 radical (unpaired) electrons. The molecule has 2 amide bonds. The van der Waals surface area contributed by atoms with Crippen molar-refractivity contribution in [3.63, 3.8) is 0 Å². The highest BCUT2D eigenvalue weighted by Gasteiger charge is 2.34. The van der Waals surface area contributed by atoms with Crippen LogP contribution in [0.25, 0.3) is 0 Å². The van der Waals surface area contributed by atoms with E-state index in [4.69, 9.17) is 10.5 Å². The summed E-state index contributed by atoms with van der Waals surface area (Å²) >= 11 is 0. The van der Waals surface area contributed by atoms with E-state index in [0.29, 0.717) is 32.6 Å². The maximum Gasteiger partial charge on any atom is 0.248 e. The van der Waals surface area contributed by atoms with E-state index in [9.17, 15) is 9.59 Å². The first kappa shape index (κ1) is 15.3. The Morgan fingerprint density at radius 2 is 1.55 bits per heavy atom. The number of nitrogens with zero attached hydrogens (tertiary/aromatic N) is 2. The van der Waals surface area contributed by atoms with Crippen molar-refractivity contribution in [2.75, 3.05) is 39.9 Å². The van der Waals surface area contributed by atoms with Gasteiger partial charge in [0.2, 0.25) is 11.8 Å². The van der Waals surface area contributed by atoms with Gasteiger partial charge in [-0.05, 0) is 12.8 Å². The van der Waals surface area contributed by atoms with Crippen molar-refractivity contribution < 1.29 is 14.3 Å². The first-order valence-corrected chi connectivity index (χ1v) is 7.37. The smallest absolute Gasteiger partial charge is 0.248 e. The Labute approximate surface area is 120 Å². The van der Waals surface area contributed by atoms with Crippen molar-refractivity contribution in [3.8, 4) is 0 Å². The molecule has 0 spiro atoms. The standard InChI is InChI=1S/C14H25N3O3/c1-20-11-13(19)17-8-6-16(7-9-17)12(18)10-14(15)4-2-3-5-14/h2-11,15H2,1H3. The number of rotatable bonds is 4. The molecular formula is C14H25N3O3. The van der Waals surface area contributed by atoms with Crippen LogP contribution in [-0.2, 0) is 14.3 Å². The number of hydrogen-bond acceptors (Lipinski definition) is 4. The molecule has 0 aromatic rings. The first-order chi connectivity index (χ1) is 9.54. The Kier molecular flexibility index (Phi) is 4.99. The Balaban J connectivity index is 1.78. The fourth-order valence-corrected chi connectivity index (χ4v) is 3.09. The van der Waals surface area contributed by atoms with E-state index in [2.05, 4.69) is 0 Å². The predicted octanol–water partition coefficient (Wildman–Crippen LogP) is -0.0348. The summed E-state index contributed by atoms with van der Waals surface area (Å²) < 4.78 is 4.84. The number of amides is 2. The highest BCUT2D eigenvalue weighted by Crippen LogP contribution is 2.30. The summed E-state index contributed by atoms with van der Waals surface area (Å²) in [4.78, 5) is 27.5. The summed E-state index contributed by atoms with van der Waals surface area (Å²) in [7, 11) is 1.51. The lowest BCUT2D eigenvalue weighted by atomic mass is 9.94. The van der Waals surface area contributed by atoms with Gasteiger partial charge in [0.25, 0.3) is 0 Å². The van der Waals surface area contributed by atoms with Crippen LogP contribution in [0.3, 0.4) is 0 Å². The van der Waals surface area contributed by atoms with Crippen LogP contribution in [0.2, 0.25) is 0 Å². The summed E-state index contributed by atoms with van der Waals surface area (Å²) in [5.41, 5.74) is 5.96. The Morgan fingerprint density at radius 3 is 2.05 bits per heavy atom. The number of carbonyl (C=O) groups is 2. The maximum atomic E-state index is 12.3. The number of ether oxygens (including phenoxy) is 1. The van der Waals surface area contributed by atoms with Crippen LogP contribution in [0.4, 0.5) is 0 Å². The van der Waals surface area contributed by atoms with Crippen LogP contribution in [0, 0.1) is 0 Å². The van der Waals surface area contributed by atoms with Crippen LogP contribution in [0.5, 0.6) is 0 Å². The van der Waals surface area contributed by atoms with Crippen LogP contribution in [-0.4, -0.2) is 67.0 Å². The van der Waals surface area contributed by atoms with Gasteiger partial charge >= 0.3 is 0 Å². The largest absolute Gasteiger partial charge is 0.375 e. The molecule has 1 heterocycles. The third-order valence-corrected chi connectivity index (χ3v) is 4.36. The van der Waals surface area contributed by atoms with E-state index in [1.807, 2.05) is 4.90 Å². The molecule has 6 nitrogen and oxygen atoms in total. The molecule has 2 fully saturated rings. The van der Waals surface area contributed by atoms with Crippen molar-refractivity contribution in [1.29, 1.82) is 0 Å². The average Bonchev–Trinajstić information content (AvgIpc) is 2.85. The monoisotopic (exact) mass is 283 g/mol. The number of piperazine rings is 1. The van der Waals surface area contributed by atoms with Crippen molar-refractivity contribution in [2.24, 2.45) is 5.73 Å². The fraction of sp³-hybridized carbons (Fsp3) is 0.857. The van der Waals surface area contributed by atoms with Gasteiger partial charge in [-0.2, -0.15) is 0 Å². The predicted molar refractivity (Wildman–Crippen MR) is 75.0 cm³/mol. The van der Waals surface area contributed by atoms with Gasteiger partial charge in [0.1, 0.15) is 6.61 Å². The van der Waals surface area contributed by atoms with Crippen molar-refractivity contribution >= 4 is 11.8 Å². The minimum atomic E-state index is -0.292. The molecule has 2 aliphatic rings. The molecule has 20 heavy (non-hydrogen) atoms. The molecule has 2 rings (SSSR count). The van der Waals surface area contributed by atoms with Crippen LogP contribution in [0.1, 0.15) is 32.1 Å². The van der Waals surface area contributed by atoms with Crippen molar-refractivity contribution in [3.05, 3.63) is 0 Å². The van der Waals surface area contributed by atoms with Gasteiger partial charge in [0, 0.05) is 45.2 Å². The Morgan fingerprint density at radius 1 is 1.05 bits per heavy atom. The summed E-state index contributed by atoms with van der Waals surface area (Å²) in [5.74, 6) is 0.124. The zero-order valence-electron chi connectivity index (χ0n) is 12.3. The molecule has 1 saturated carbocycles. The Bertz CT molecular complexity index is 359. The van der Waals surface area contributed by atoms with Crippen LogP contribution < -0.4 is 5.73 Å². The lowest BCUT2D eigenvalue weighted by Crippen LogP contribution is -2.53. The third kappa shape index (κ3) is 3.70. The minimum Gasteiger partial charge on any atom is -0.375 e. The molecule has 1 saturated heterocycles. The van der Waals surface area contributed by atoms with Gasteiger partial charge in [-0.3, -0.25) is 9.59 Å². The van der Waals surface area contributed by atoms with E-state index < -0.39 is 0 Å². The lowest BCUT2D eigenvalue weighted by Gasteiger charge is -2.36. The zero-order valence-corrected chi connectivity index (χ0v) is 12.3. The summed E-state index contributed by atoms with van der Waals surface area (Å²) in [6, 6.07) is 0. The quantitative estimate of drug-likeness (QED) is 0.786. The van der Waals surface area contributed by atoms with Gasteiger partial charge in [0.15, 0.2) is 0 Å². The molecule has 6 heteroatoms. The lowest BCUT2D eigenvalue weighted by molar-refractivity contribution is -0.142. The molecule has 2 N–H and O–H groups in total. The van der Waals surface area contributed by atoms with Gasteiger partial charge in [0.05, 0.1) is 0 Å². The van der Waals surface area contributed by atoms with Gasteiger partial charge in [-0.15, -0.1) is 0 Å². The molecule has 1 aliphatic carbocycles. The molecule has 0 atom stereocenters. The molecule has 114 valence electrons. The summed E-state index contributed by atoms with van der Waals surface area (Å²) in [6.07, 6.45) is 4.60. The zero-order chi connectivity index (χ0) is 14.6.